The van der Waals surface area contributed by atoms with Crippen molar-refractivity contribution in [1.29, 1.82) is 0 Å². The molecule has 0 saturated heterocycles. The summed E-state index contributed by atoms with van der Waals surface area (Å²) in [6, 6.07) is 3.44. The van der Waals surface area contributed by atoms with Gasteiger partial charge in [0.05, 0.1) is 23.7 Å². The Labute approximate surface area is 144 Å². The smallest absolute Gasteiger partial charge is 0.282 e. The largest absolute Gasteiger partial charge is 0.390 e. The number of benzene rings is 1. The number of nitrogens with two attached hydrogens (primary N) is 1. The minimum atomic E-state index is -1.43. The first-order chi connectivity index (χ1) is 11.7. The third kappa shape index (κ3) is 3.71. The molecule has 5 N–H and O–H groups in total. The second-order valence-corrected chi connectivity index (χ2v) is 6.20. The molecule has 8 nitrogen and oxygen atoms in total. The second kappa shape index (κ2) is 7.30. The monoisotopic (exact) mass is 349 g/mol. The van der Waals surface area contributed by atoms with Crippen LogP contribution in [0.5, 0.6) is 0 Å². The second-order valence-electron chi connectivity index (χ2n) is 6.20. The van der Waals surface area contributed by atoms with Crippen LogP contribution in [0.25, 0.3) is 11.0 Å². The van der Waals surface area contributed by atoms with Crippen molar-refractivity contribution in [3.05, 3.63) is 39.3 Å². The van der Waals surface area contributed by atoms with Gasteiger partial charge in [-0.05, 0) is 43.5 Å². The van der Waals surface area contributed by atoms with E-state index in [0.29, 0.717) is 11.0 Å². The first kappa shape index (κ1) is 19.0. The lowest BCUT2D eigenvalue weighted by atomic mass is 10.1. The molecule has 0 unspecified atom stereocenters. The van der Waals surface area contributed by atoms with Gasteiger partial charge in [-0.3, -0.25) is 9.59 Å². The minimum Gasteiger partial charge on any atom is -0.390 e. The quantitative estimate of drug-likeness (QED) is 0.560. The average molecular weight is 349 g/mol. The van der Waals surface area contributed by atoms with Crippen LogP contribution >= 0.6 is 0 Å². The molecule has 2 rings (SSSR count). The molecule has 1 aromatic heterocycles. The molecule has 3 atom stereocenters. The number of rotatable bonds is 6. The molecule has 1 heterocycles. The van der Waals surface area contributed by atoms with Crippen molar-refractivity contribution in [1.82, 2.24) is 9.55 Å². The maximum Gasteiger partial charge on any atom is 0.282 e. The molecule has 0 aliphatic carbocycles. The van der Waals surface area contributed by atoms with Crippen molar-refractivity contribution in [2.24, 2.45) is 5.73 Å². The number of aliphatic hydroxyl groups excluding tert-OH is 3. The Hall–Kier alpha value is -2.29. The van der Waals surface area contributed by atoms with Gasteiger partial charge in [0.1, 0.15) is 12.2 Å². The molecule has 0 bridgehead atoms. The van der Waals surface area contributed by atoms with Crippen molar-refractivity contribution in [3.63, 3.8) is 0 Å². The lowest BCUT2D eigenvalue weighted by molar-refractivity contribution is -0.0651. The van der Waals surface area contributed by atoms with E-state index in [1.807, 2.05) is 13.8 Å². The normalized spacial score (nSPS) is 15.1. The van der Waals surface area contributed by atoms with E-state index >= 15 is 0 Å². The summed E-state index contributed by atoms with van der Waals surface area (Å²) in [5.41, 5.74) is 6.67. The summed E-state index contributed by atoms with van der Waals surface area (Å²) in [4.78, 5) is 28.1. The highest BCUT2D eigenvalue weighted by atomic mass is 16.4. The summed E-state index contributed by atoms with van der Waals surface area (Å²) >= 11 is 0. The number of aryl methyl sites for hydroxylation is 2. The Morgan fingerprint density at radius 1 is 1.20 bits per heavy atom. The van der Waals surface area contributed by atoms with Crippen LogP contribution in [0.15, 0.2) is 16.9 Å². The van der Waals surface area contributed by atoms with Crippen molar-refractivity contribution in [3.8, 4) is 0 Å². The van der Waals surface area contributed by atoms with Crippen molar-refractivity contribution < 1.29 is 20.1 Å². The third-order valence-electron chi connectivity index (χ3n) is 4.37. The van der Waals surface area contributed by atoms with E-state index in [-0.39, 0.29) is 13.0 Å². The third-order valence-corrected chi connectivity index (χ3v) is 4.37. The maximum absolute atomic E-state index is 12.6. The molecule has 136 valence electrons. The molecular weight excluding hydrogens is 326 g/mol. The van der Waals surface area contributed by atoms with Crippen molar-refractivity contribution >= 4 is 16.9 Å². The number of nitrogens with zero attached hydrogens (tertiary/aromatic N) is 2. The molecule has 0 aliphatic heterocycles. The van der Waals surface area contributed by atoms with E-state index in [1.54, 1.807) is 19.1 Å². The molecular formula is C17H23N3O5. The van der Waals surface area contributed by atoms with Crippen LogP contribution in [0.1, 0.15) is 35.0 Å². The van der Waals surface area contributed by atoms with E-state index in [0.717, 1.165) is 15.7 Å². The number of amides is 1. The summed E-state index contributed by atoms with van der Waals surface area (Å²) in [6.45, 7) is 5.08. The van der Waals surface area contributed by atoms with Crippen molar-refractivity contribution in [2.75, 3.05) is 0 Å². The highest BCUT2D eigenvalue weighted by Gasteiger charge is 2.26. The van der Waals surface area contributed by atoms with E-state index in [2.05, 4.69) is 4.98 Å². The van der Waals surface area contributed by atoms with Gasteiger partial charge in [0, 0.05) is 0 Å². The Kier molecular flexibility index (Phi) is 5.56. The highest BCUT2D eigenvalue weighted by Crippen LogP contribution is 2.18. The number of carbonyl (C=O) groups excluding carboxylic acids is 1. The van der Waals surface area contributed by atoms with Gasteiger partial charge in [0.2, 0.25) is 0 Å². The summed E-state index contributed by atoms with van der Waals surface area (Å²) in [5.74, 6) is -0.970. The molecule has 2 aromatic rings. The highest BCUT2D eigenvalue weighted by molar-refractivity contribution is 5.92. The zero-order valence-electron chi connectivity index (χ0n) is 14.4. The molecule has 0 radical (unpaired) electrons. The topological polar surface area (TPSA) is 139 Å². The summed E-state index contributed by atoms with van der Waals surface area (Å²) < 4.78 is 1.16. The van der Waals surface area contributed by atoms with E-state index < -0.39 is 35.5 Å². The lowest BCUT2D eigenvalue weighted by Crippen LogP contribution is -2.42. The van der Waals surface area contributed by atoms with Crippen LogP contribution in [0.4, 0.5) is 0 Å². The lowest BCUT2D eigenvalue weighted by Gasteiger charge is -2.23. The van der Waals surface area contributed by atoms with E-state index in [4.69, 9.17) is 5.73 Å². The molecule has 0 saturated carbocycles. The van der Waals surface area contributed by atoms with Gasteiger partial charge in [-0.25, -0.2) is 4.98 Å². The fourth-order valence-corrected chi connectivity index (χ4v) is 2.63. The SMILES string of the molecule is CC[C@@H](O)[C@@H](O)[C@@H](O)Cn1c(=O)c(C(N)=O)nc2cc(C)c(C)cc21. The number of fused-ring (bicyclic) bond motifs is 1. The van der Waals surface area contributed by atoms with Crippen LogP contribution in [0.3, 0.4) is 0 Å². The number of hydrogen-bond donors (Lipinski definition) is 4. The van der Waals surface area contributed by atoms with Crippen LogP contribution in [0, 0.1) is 13.8 Å². The van der Waals surface area contributed by atoms with E-state index in [9.17, 15) is 24.9 Å². The molecule has 0 spiro atoms. The number of aliphatic hydroxyl groups is 3. The number of aromatic nitrogens is 2. The van der Waals surface area contributed by atoms with Crippen molar-refractivity contribution in [2.45, 2.75) is 52.0 Å². The standard InChI is InChI=1S/C17H23N3O5/c1-4-12(21)15(23)13(22)7-20-11-6-9(3)8(2)5-10(11)19-14(16(18)24)17(20)25/h5-6,12-13,15,21-23H,4,7H2,1-3H3,(H2,18,24)/t12-,13+,15-/m1/s1. The molecule has 25 heavy (non-hydrogen) atoms. The molecule has 8 heteroatoms. The summed E-state index contributed by atoms with van der Waals surface area (Å²) in [7, 11) is 0. The Bertz CT molecular complexity index is 861. The van der Waals surface area contributed by atoms with Gasteiger partial charge >= 0.3 is 0 Å². The first-order valence-corrected chi connectivity index (χ1v) is 8.03. The van der Waals surface area contributed by atoms with Gasteiger partial charge in [0.15, 0.2) is 5.69 Å². The van der Waals surface area contributed by atoms with Gasteiger partial charge in [0.25, 0.3) is 11.5 Å². The molecule has 0 fully saturated rings. The summed E-state index contributed by atoms with van der Waals surface area (Å²) in [6.07, 6.45) is -3.71. The molecule has 1 aromatic carbocycles. The summed E-state index contributed by atoms with van der Waals surface area (Å²) in [5, 5.41) is 29.9. The van der Waals surface area contributed by atoms with Crippen LogP contribution in [0.2, 0.25) is 0 Å². The fraction of sp³-hybridized carbons (Fsp3) is 0.471. The zero-order valence-corrected chi connectivity index (χ0v) is 14.4. The Morgan fingerprint density at radius 3 is 2.36 bits per heavy atom. The predicted molar refractivity (Wildman–Crippen MR) is 92.3 cm³/mol. The predicted octanol–water partition coefficient (Wildman–Crippen LogP) is -0.395. The number of hydrogen-bond acceptors (Lipinski definition) is 6. The molecule has 0 aliphatic rings. The zero-order chi connectivity index (χ0) is 18.9. The van der Waals surface area contributed by atoms with Crippen LogP contribution < -0.4 is 11.3 Å². The van der Waals surface area contributed by atoms with Gasteiger partial charge in [-0.15, -0.1) is 0 Å². The molecule has 1 amide bonds. The van der Waals surface area contributed by atoms with Crippen LogP contribution in [-0.4, -0.2) is 49.1 Å². The van der Waals surface area contributed by atoms with Gasteiger partial charge in [-0.1, -0.05) is 6.92 Å². The fourth-order valence-electron chi connectivity index (χ4n) is 2.63. The number of carbonyl (C=O) groups is 1. The Balaban J connectivity index is 2.64. The van der Waals surface area contributed by atoms with E-state index in [1.165, 1.54) is 0 Å². The van der Waals surface area contributed by atoms with Gasteiger partial charge < -0.3 is 25.6 Å². The Morgan fingerprint density at radius 2 is 1.80 bits per heavy atom. The maximum atomic E-state index is 12.6. The van der Waals surface area contributed by atoms with Crippen LogP contribution in [-0.2, 0) is 6.54 Å². The average Bonchev–Trinajstić information content (AvgIpc) is 2.57. The first-order valence-electron chi connectivity index (χ1n) is 8.03. The van der Waals surface area contributed by atoms with Gasteiger partial charge in [-0.2, -0.15) is 0 Å². The number of primary amides is 1. The minimum absolute atomic E-state index is 0.245.